The molecule has 0 N–H and O–H groups in total. The van der Waals surface area contributed by atoms with E-state index < -0.39 is 0 Å². The van der Waals surface area contributed by atoms with Crippen LogP contribution >= 0.6 is 11.6 Å². The van der Waals surface area contributed by atoms with E-state index in [2.05, 4.69) is 10.2 Å². The summed E-state index contributed by atoms with van der Waals surface area (Å²) in [6, 6.07) is 1.82. The Morgan fingerprint density at radius 3 is 2.75 bits per heavy atom. The van der Waals surface area contributed by atoms with Crippen molar-refractivity contribution in [3.05, 3.63) is 33.5 Å². The molecule has 0 aliphatic carbocycles. The molecule has 2 heterocycles. The molecule has 84 valence electrons. The summed E-state index contributed by atoms with van der Waals surface area (Å²) in [4.78, 5) is 15.3. The summed E-state index contributed by atoms with van der Waals surface area (Å²) < 4.78 is 1.65. The first-order valence-corrected chi connectivity index (χ1v) is 5.44. The lowest BCUT2D eigenvalue weighted by Crippen LogP contribution is -1.87. The fraction of sp³-hybridized carbons (Fsp3) is 0.364. The minimum absolute atomic E-state index is 0.158. The van der Waals surface area contributed by atoms with Crippen molar-refractivity contribution in [1.82, 2.24) is 9.38 Å². The highest BCUT2D eigenvalue weighted by molar-refractivity contribution is 6.30. The number of hydrogen-bond donors (Lipinski definition) is 0. The highest BCUT2D eigenvalue weighted by atomic mass is 35.5. The highest BCUT2D eigenvalue weighted by Crippen LogP contribution is 2.30. The molecule has 0 aliphatic rings. The maximum atomic E-state index is 10.9. The van der Waals surface area contributed by atoms with Crippen LogP contribution in [0.4, 0.5) is 5.82 Å². The van der Waals surface area contributed by atoms with E-state index in [1.165, 1.54) is 0 Å². The van der Waals surface area contributed by atoms with Crippen LogP contribution in [0.25, 0.3) is 5.65 Å². The molecule has 0 aliphatic heterocycles. The number of halogens is 1. The van der Waals surface area contributed by atoms with E-state index in [1.807, 2.05) is 26.8 Å². The third-order valence-corrected chi connectivity index (χ3v) is 2.71. The van der Waals surface area contributed by atoms with Crippen LogP contribution in [0.5, 0.6) is 0 Å². The summed E-state index contributed by atoms with van der Waals surface area (Å²) in [7, 11) is 0. The van der Waals surface area contributed by atoms with Gasteiger partial charge in [0.15, 0.2) is 0 Å². The third-order valence-electron chi connectivity index (χ3n) is 2.50. The van der Waals surface area contributed by atoms with Crippen LogP contribution < -0.4 is 0 Å². The van der Waals surface area contributed by atoms with Gasteiger partial charge >= 0.3 is 0 Å². The predicted molar refractivity (Wildman–Crippen MR) is 64.5 cm³/mol. The number of hydrogen-bond acceptors (Lipinski definition) is 3. The van der Waals surface area contributed by atoms with Crippen molar-refractivity contribution < 1.29 is 0 Å². The van der Waals surface area contributed by atoms with Crippen LogP contribution in [0, 0.1) is 11.8 Å². The summed E-state index contributed by atoms with van der Waals surface area (Å²) in [5, 5.41) is 3.63. The van der Waals surface area contributed by atoms with Crippen LogP contribution in [0.2, 0.25) is 5.02 Å². The second-order valence-electron chi connectivity index (χ2n) is 4.10. The Morgan fingerprint density at radius 2 is 2.19 bits per heavy atom. The van der Waals surface area contributed by atoms with E-state index in [9.17, 15) is 4.91 Å². The second-order valence-corrected chi connectivity index (χ2v) is 4.54. The SMILES string of the molecule is Cc1cc(Cl)cn2c(N=O)c(C(C)C)nc12. The van der Waals surface area contributed by atoms with E-state index in [0.29, 0.717) is 16.5 Å². The molecule has 5 heteroatoms. The standard InChI is InChI=1S/C11H12ClN3O/c1-6(2)9-11(14-16)15-5-8(12)4-7(3)10(15)13-9/h4-6H,1-3H3. The molecule has 0 fully saturated rings. The van der Waals surface area contributed by atoms with E-state index in [1.54, 1.807) is 10.6 Å². The van der Waals surface area contributed by atoms with Crippen LogP contribution in [-0.2, 0) is 0 Å². The Labute approximate surface area is 98.2 Å². The van der Waals surface area contributed by atoms with Gasteiger partial charge in [0.25, 0.3) is 0 Å². The van der Waals surface area contributed by atoms with Gasteiger partial charge in [-0.1, -0.05) is 25.4 Å². The smallest absolute Gasteiger partial charge is 0.205 e. The van der Waals surface area contributed by atoms with Gasteiger partial charge < -0.3 is 0 Å². The van der Waals surface area contributed by atoms with Crippen molar-refractivity contribution in [2.45, 2.75) is 26.7 Å². The van der Waals surface area contributed by atoms with Gasteiger partial charge in [-0.25, -0.2) is 4.98 Å². The van der Waals surface area contributed by atoms with Crippen molar-refractivity contribution in [3.8, 4) is 0 Å². The number of pyridine rings is 1. The first-order valence-electron chi connectivity index (χ1n) is 5.06. The largest absolute Gasteiger partial charge is 0.280 e. The summed E-state index contributed by atoms with van der Waals surface area (Å²) in [6.07, 6.45) is 1.67. The van der Waals surface area contributed by atoms with E-state index in [-0.39, 0.29) is 5.92 Å². The molecule has 0 amide bonds. The number of rotatable bonds is 2. The Hall–Kier alpha value is -1.42. The summed E-state index contributed by atoms with van der Waals surface area (Å²) in [6.45, 7) is 5.87. The topological polar surface area (TPSA) is 46.7 Å². The summed E-state index contributed by atoms with van der Waals surface area (Å²) >= 11 is 5.95. The molecule has 0 spiro atoms. The van der Waals surface area contributed by atoms with Crippen molar-refractivity contribution in [2.24, 2.45) is 5.18 Å². The van der Waals surface area contributed by atoms with Gasteiger partial charge in [0.1, 0.15) is 5.65 Å². The average Bonchev–Trinajstić information content (AvgIpc) is 2.56. The Kier molecular flexibility index (Phi) is 2.68. The van der Waals surface area contributed by atoms with Crippen LogP contribution in [0.15, 0.2) is 17.4 Å². The van der Waals surface area contributed by atoms with Crippen LogP contribution in [0.3, 0.4) is 0 Å². The second kappa shape index (κ2) is 3.87. The van der Waals surface area contributed by atoms with Crippen molar-refractivity contribution >= 4 is 23.1 Å². The van der Waals surface area contributed by atoms with Crippen LogP contribution in [0.1, 0.15) is 31.0 Å². The van der Waals surface area contributed by atoms with E-state index >= 15 is 0 Å². The Balaban J connectivity index is 2.87. The molecule has 0 atom stereocenters. The highest BCUT2D eigenvalue weighted by Gasteiger charge is 2.17. The molecule has 0 unspecified atom stereocenters. The Morgan fingerprint density at radius 1 is 1.50 bits per heavy atom. The fourth-order valence-electron chi connectivity index (χ4n) is 1.75. The molecule has 2 aromatic heterocycles. The molecule has 0 saturated heterocycles. The number of nitrogens with zero attached hydrogens (tertiary/aromatic N) is 3. The molecular formula is C11H12ClN3O. The lowest BCUT2D eigenvalue weighted by atomic mass is 10.1. The molecule has 2 aromatic rings. The third kappa shape index (κ3) is 1.59. The van der Waals surface area contributed by atoms with Gasteiger partial charge in [0.2, 0.25) is 5.82 Å². The maximum Gasteiger partial charge on any atom is 0.205 e. The lowest BCUT2D eigenvalue weighted by molar-refractivity contribution is 0.834. The van der Waals surface area contributed by atoms with Gasteiger partial charge in [0.05, 0.1) is 10.7 Å². The minimum atomic E-state index is 0.158. The predicted octanol–water partition coefficient (Wildman–Crippen LogP) is 3.82. The Bertz CT molecular complexity index is 560. The fourth-order valence-corrected chi connectivity index (χ4v) is 2.01. The van der Waals surface area contributed by atoms with Crippen molar-refractivity contribution in [3.63, 3.8) is 0 Å². The normalized spacial score (nSPS) is 11.3. The van der Waals surface area contributed by atoms with Crippen molar-refractivity contribution in [2.75, 3.05) is 0 Å². The first-order chi connectivity index (χ1) is 7.54. The molecular weight excluding hydrogens is 226 g/mol. The lowest BCUT2D eigenvalue weighted by Gasteiger charge is -2.00. The minimum Gasteiger partial charge on any atom is -0.280 e. The van der Waals surface area contributed by atoms with Gasteiger partial charge in [-0.3, -0.25) is 4.40 Å². The molecule has 0 saturated carbocycles. The number of aromatic nitrogens is 2. The first kappa shape index (κ1) is 11.1. The van der Waals surface area contributed by atoms with Gasteiger partial charge in [0, 0.05) is 6.20 Å². The summed E-state index contributed by atoms with van der Waals surface area (Å²) in [5.41, 5.74) is 2.38. The van der Waals surface area contributed by atoms with Gasteiger partial charge in [-0.2, -0.15) is 0 Å². The van der Waals surface area contributed by atoms with Crippen LogP contribution in [-0.4, -0.2) is 9.38 Å². The maximum absolute atomic E-state index is 10.9. The average molecular weight is 238 g/mol. The molecule has 0 aromatic carbocycles. The molecule has 4 nitrogen and oxygen atoms in total. The molecule has 2 rings (SSSR count). The molecule has 16 heavy (non-hydrogen) atoms. The number of fused-ring (bicyclic) bond motifs is 1. The number of nitroso groups, excluding NO2 is 1. The quantitative estimate of drug-likeness (QED) is 0.746. The van der Waals surface area contributed by atoms with Gasteiger partial charge in [-0.05, 0) is 29.6 Å². The summed E-state index contributed by atoms with van der Waals surface area (Å²) in [5.74, 6) is 0.501. The monoisotopic (exact) mass is 237 g/mol. The van der Waals surface area contributed by atoms with E-state index in [0.717, 1.165) is 11.2 Å². The van der Waals surface area contributed by atoms with Crippen molar-refractivity contribution in [1.29, 1.82) is 0 Å². The number of aryl methyl sites for hydroxylation is 1. The zero-order valence-electron chi connectivity index (χ0n) is 9.36. The van der Waals surface area contributed by atoms with E-state index in [4.69, 9.17) is 11.6 Å². The molecule has 0 bridgehead atoms. The molecule has 0 radical (unpaired) electrons. The zero-order valence-corrected chi connectivity index (χ0v) is 10.1. The van der Waals surface area contributed by atoms with Gasteiger partial charge in [-0.15, -0.1) is 4.91 Å². The number of imidazole rings is 1. The zero-order chi connectivity index (χ0) is 11.9.